The average Bonchev–Trinajstić information content (AvgIpc) is 2.73. The summed E-state index contributed by atoms with van der Waals surface area (Å²) < 4.78 is 56.8. The summed E-state index contributed by atoms with van der Waals surface area (Å²) in [6, 6.07) is 12.4. The predicted octanol–water partition coefficient (Wildman–Crippen LogP) is 3.37. The molecule has 1 heterocycles. The summed E-state index contributed by atoms with van der Waals surface area (Å²) in [5, 5.41) is 17.3. The van der Waals surface area contributed by atoms with Gasteiger partial charge in [-0.25, -0.2) is 18.0 Å². The Kier molecular flexibility index (Phi) is 8.61. The molecule has 0 amide bonds. The van der Waals surface area contributed by atoms with E-state index in [0.29, 0.717) is 18.1 Å². The maximum atomic E-state index is 11.5. The minimum absolute atomic E-state index is 0.0588. The van der Waals surface area contributed by atoms with E-state index < -0.39 is 28.1 Å². The van der Waals surface area contributed by atoms with Gasteiger partial charge in [-0.15, -0.1) is 0 Å². The lowest BCUT2D eigenvalue weighted by molar-refractivity contribution is -0.192. The molecule has 2 aromatic carbocycles. The fourth-order valence-corrected chi connectivity index (χ4v) is 3.94. The number of carboxylic acids is 2. The van der Waals surface area contributed by atoms with Crippen LogP contribution < -0.4 is 14.5 Å². The van der Waals surface area contributed by atoms with Crippen LogP contribution in [0.5, 0.6) is 0 Å². The quantitative estimate of drug-likeness (QED) is 0.544. The third kappa shape index (κ3) is 7.70. The molecule has 0 unspecified atom stereocenters. The van der Waals surface area contributed by atoms with Gasteiger partial charge in [0.25, 0.3) is 0 Å². The molecular formula is C20H21ClF3N3O6S. The van der Waals surface area contributed by atoms with Crippen LogP contribution in [0, 0.1) is 0 Å². The second-order valence-electron chi connectivity index (χ2n) is 7.14. The third-order valence-corrected chi connectivity index (χ3v) is 5.52. The summed E-state index contributed by atoms with van der Waals surface area (Å²) in [5.41, 5.74) is 1.71. The van der Waals surface area contributed by atoms with Gasteiger partial charge in [0.2, 0.25) is 10.0 Å². The van der Waals surface area contributed by atoms with Gasteiger partial charge in [-0.2, -0.15) is 13.2 Å². The molecule has 1 fully saturated rings. The zero-order valence-electron chi connectivity index (χ0n) is 17.7. The van der Waals surface area contributed by atoms with Crippen LogP contribution in [0.1, 0.15) is 10.4 Å². The van der Waals surface area contributed by atoms with Gasteiger partial charge >= 0.3 is 18.1 Å². The topological polar surface area (TPSA) is 127 Å². The van der Waals surface area contributed by atoms with Gasteiger partial charge in [0.1, 0.15) is 0 Å². The number of sulfonamides is 1. The van der Waals surface area contributed by atoms with Crippen LogP contribution in [0.15, 0.2) is 42.5 Å². The number of para-hydroxylation sites is 1. The van der Waals surface area contributed by atoms with E-state index in [1.54, 1.807) is 6.07 Å². The largest absolute Gasteiger partial charge is 0.490 e. The van der Waals surface area contributed by atoms with Crippen molar-refractivity contribution in [3.8, 4) is 0 Å². The van der Waals surface area contributed by atoms with E-state index in [4.69, 9.17) is 21.5 Å². The lowest BCUT2D eigenvalue weighted by Crippen LogP contribution is -2.46. The monoisotopic (exact) mass is 523 g/mol. The van der Waals surface area contributed by atoms with Gasteiger partial charge in [0.15, 0.2) is 0 Å². The first-order chi connectivity index (χ1) is 15.7. The second kappa shape index (κ2) is 10.8. The zero-order valence-corrected chi connectivity index (χ0v) is 19.3. The van der Waals surface area contributed by atoms with E-state index in [2.05, 4.69) is 14.5 Å². The van der Waals surface area contributed by atoms with E-state index in [9.17, 15) is 31.5 Å². The van der Waals surface area contributed by atoms with Gasteiger partial charge in [-0.1, -0.05) is 23.7 Å². The van der Waals surface area contributed by atoms with E-state index in [1.165, 1.54) is 12.1 Å². The predicted molar refractivity (Wildman–Crippen MR) is 121 cm³/mol. The van der Waals surface area contributed by atoms with Crippen molar-refractivity contribution in [1.82, 2.24) is 0 Å². The Balaban J connectivity index is 0.000000509. The summed E-state index contributed by atoms with van der Waals surface area (Å²) >= 11 is 6.26. The molecule has 0 radical (unpaired) electrons. The molecule has 0 aromatic heterocycles. The molecule has 3 N–H and O–H groups in total. The van der Waals surface area contributed by atoms with Crippen molar-refractivity contribution in [3.05, 3.63) is 53.1 Å². The summed E-state index contributed by atoms with van der Waals surface area (Å²) in [6.07, 6.45) is -4.10. The second-order valence-corrected chi connectivity index (χ2v) is 9.29. The molecule has 2 aromatic rings. The number of benzene rings is 2. The summed E-state index contributed by atoms with van der Waals surface area (Å²) in [4.78, 5) is 24.7. The van der Waals surface area contributed by atoms with Gasteiger partial charge in [0.05, 0.1) is 28.2 Å². The van der Waals surface area contributed by atoms with Gasteiger partial charge in [0, 0.05) is 31.9 Å². The summed E-state index contributed by atoms with van der Waals surface area (Å²) in [7, 11) is -3.56. The van der Waals surface area contributed by atoms with E-state index >= 15 is 0 Å². The Morgan fingerprint density at radius 3 is 2.00 bits per heavy atom. The smallest absolute Gasteiger partial charge is 0.478 e. The first kappa shape index (κ1) is 27.1. The maximum absolute atomic E-state index is 11.5. The molecule has 1 saturated heterocycles. The number of aromatic carboxylic acids is 1. The summed E-state index contributed by atoms with van der Waals surface area (Å²) in [6.45, 7) is 2.89. The van der Waals surface area contributed by atoms with Crippen LogP contribution in [0.4, 0.5) is 30.2 Å². The summed E-state index contributed by atoms with van der Waals surface area (Å²) in [5.74, 6) is -3.94. The number of rotatable bonds is 5. The maximum Gasteiger partial charge on any atom is 0.490 e. The minimum Gasteiger partial charge on any atom is -0.478 e. The minimum atomic E-state index is -5.08. The van der Waals surface area contributed by atoms with Gasteiger partial charge in [-0.3, -0.25) is 4.72 Å². The Labute approximate surface area is 198 Å². The molecule has 0 saturated carbocycles. The highest BCUT2D eigenvalue weighted by atomic mass is 35.5. The van der Waals surface area contributed by atoms with Crippen molar-refractivity contribution in [1.29, 1.82) is 0 Å². The Hall–Kier alpha value is -3.19. The number of anilines is 3. The number of nitrogens with zero attached hydrogens (tertiary/aromatic N) is 2. The first-order valence-electron chi connectivity index (χ1n) is 9.58. The van der Waals surface area contributed by atoms with E-state index in [0.717, 1.165) is 30.7 Å². The van der Waals surface area contributed by atoms with Gasteiger partial charge < -0.3 is 20.0 Å². The number of carbonyl (C=O) groups is 2. The van der Waals surface area contributed by atoms with Crippen molar-refractivity contribution >= 4 is 50.6 Å². The number of hydrogen-bond acceptors (Lipinski definition) is 6. The molecule has 1 aliphatic rings. The fraction of sp³-hybridized carbons (Fsp3) is 0.300. The van der Waals surface area contributed by atoms with Crippen LogP contribution in [0.25, 0.3) is 0 Å². The lowest BCUT2D eigenvalue weighted by atomic mass is 10.1. The molecule has 0 atom stereocenters. The number of halogens is 4. The molecule has 3 rings (SSSR count). The zero-order chi connectivity index (χ0) is 25.7. The number of nitrogens with one attached hydrogen (secondary N) is 1. The van der Waals surface area contributed by atoms with Crippen LogP contribution in [-0.2, 0) is 14.8 Å². The fourth-order valence-electron chi connectivity index (χ4n) is 3.11. The number of alkyl halides is 3. The molecule has 0 bridgehead atoms. The number of piperazine rings is 1. The molecule has 1 aliphatic heterocycles. The number of hydrogen-bond donors (Lipinski definition) is 3. The Morgan fingerprint density at radius 2 is 1.53 bits per heavy atom. The van der Waals surface area contributed by atoms with Crippen molar-refractivity contribution < 1.29 is 41.4 Å². The Bertz CT molecular complexity index is 1150. The standard InChI is InChI=1S/C18H20ClN3O4S.C2HF3O2/c1-27(25,26)20-16-7-6-13(12-14(16)18(23)24)21-8-10-22(11-9-21)17-5-3-2-4-15(17)19;3-2(4,5)1(6)7/h2-7,12,20H,8-11H2,1H3,(H,23,24);(H,6,7). The normalized spacial score (nSPS) is 14.1. The van der Waals surface area contributed by atoms with Crippen LogP contribution in [0.2, 0.25) is 5.02 Å². The van der Waals surface area contributed by atoms with Crippen molar-refractivity contribution in [2.75, 3.05) is 47.0 Å². The van der Waals surface area contributed by atoms with Crippen LogP contribution >= 0.6 is 11.6 Å². The highest BCUT2D eigenvalue weighted by Crippen LogP contribution is 2.29. The molecule has 0 spiro atoms. The lowest BCUT2D eigenvalue weighted by Gasteiger charge is -2.37. The molecule has 9 nitrogen and oxygen atoms in total. The van der Waals surface area contributed by atoms with E-state index in [1.807, 2.05) is 24.3 Å². The SMILES string of the molecule is CS(=O)(=O)Nc1ccc(N2CCN(c3ccccc3Cl)CC2)cc1C(=O)O.O=C(O)C(F)(F)F. The average molecular weight is 524 g/mol. The van der Waals surface area contributed by atoms with Crippen LogP contribution in [-0.4, -0.2) is 69.2 Å². The molecular weight excluding hydrogens is 503 g/mol. The Morgan fingerprint density at radius 1 is 1.00 bits per heavy atom. The highest BCUT2D eigenvalue weighted by molar-refractivity contribution is 7.92. The third-order valence-electron chi connectivity index (χ3n) is 4.61. The van der Waals surface area contributed by atoms with Gasteiger partial charge in [-0.05, 0) is 30.3 Å². The van der Waals surface area contributed by atoms with Crippen molar-refractivity contribution in [2.24, 2.45) is 0 Å². The molecule has 34 heavy (non-hydrogen) atoms. The van der Waals surface area contributed by atoms with Crippen molar-refractivity contribution in [2.45, 2.75) is 6.18 Å². The molecule has 14 heteroatoms. The highest BCUT2D eigenvalue weighted by Gasteiger charge is 2.38. The number of aliphatic carboxylic acids is 1. The van der Waals surface area contributed by atoms with Crippen LogP contribution in [0.3, 0.4) is 0 Å². The molecule has 186 valence electrons. The van der Waals surface area contributed by atoms with Crippen molar-refractivity contribution in [3.63, 3.8) is 0 Å². The number of carboxylic acid groups (broad SMARTS) is 2. The van der Waals surface area contributed by atoms with E-state index in [-0.39, 0.29) is 11.3 Å². The molecule has 0 aliphatic carbocycles. The first-order valence-corrected chi connectivity index (χ1v) is 11.9.